The first-order valence-electron chi connectivity index (χ1n) is 7.38. The van der Waals surface area contributed by atoms with Crippen LogP contribution < -0.4 is 5.32 Å². The van der Waals surface area contributed by atoms with Crippen LogP contribution in [0, 0.1) is 6.92 Å². The highest BCUT2D eigenvalue weighted by molar-refractivity contribution is 7.99. The van der Waals surface area contributed by atoms with Crippen molar-refractivity contribution in [2.75, 3.05) is 5.75 Å². The highest BCUT2D eigenvalue weighted by Gasteiger charge is 2.05. The van der Waals surface area contributed by atoms with Crippen molar-refractivity contribution in [1.29, 1.82) is 0 Å². The predicted molar refractivity (Wildman–Crippen MR) is 92.2 cm³/mol. The number of imidazole rings is 1. The molecular weight excluding hydrogens is 308 g/mol. The molecule has 0 radical (unpaired) electrons. The topological polar surface area (TPSA) is 59.3 Å². The lowest BCUT2D eigenvalue weighted by molar-refractivity contribution is -0.118. The average molecular weight is 326 g/mol. The number of hydrogen-bond donors (Lipinski definition) is 1. The summed E-state index contributed by atoms with van der Waals surface area (Å²) >= 11 is 1.57. The number of nitrogens with zero attached hydrogens (tertiary/aromatic N) is 3. The molecule has 1 N–H and O–H groups in total. The first-order valence-corrected chi connectivity index (χ1v) is 8.54. The molecule has 3 aromatic rings. The third-order valence-corrected chi connectivity index (χ3v) is 4.34. The zero-order valence-corrected chi connectivity index (χ0v) is 13.7. The molecule has 0 bridgehead atoms. The van der Waals surface area contributed by atoms with Gasteiger partial charge in [0.1, 0.15) is 5.65 Å². The van der Waals surface area contributed by atoms with Crippen LogP contribution in [0.25, 0.3) is 5.65 Å². The van der Waals surface area contributed by atoms with E-state index < -0.39 is 0 Å². The summed E-state index contributed by atoms with van der Waals surface area (Å²) < 4.78 is 2.02. The van der Waals surface area contributed by atoms with Crippen LogP contribution in [0.15, 0.2) is 49.1 Å². The van der Waals surface area contributed by atoms with Gasteiger partial charge in [-0.05, 0) is 36.2 Å². The Labute approximate surface area is 139 Å². The second-order valence-corrected chi connectivity index (χ2v) is 6.31. The van der Waals surface area contributed by atoms with Crippen molar-refractivity contribution >= 4 is 23.3 Å². The van der Waals surface area contributed by atoms with Gasteiger partial charge in [-0.25, -0.2) is 4.98 Å². The van der Waals surface area contributed by atoms with Crippen molar-refractivity contribution in [2.24, 2.45) is 0 Å². The van der Waals surface area contributed by atoms with Crippen molar-refractivity contribution in [3.05, 3.63) is 65.9 Å². The van der Waals surface area contributed by atoms with Gasteiger partial charge >= 0.3 is 0 Å². The number of aryl methyl sites for hydroxylation is 1. The van der Waals surface area contributed by atoms with E-state index in [0.717, 1.165) is 22.7 Å². The minimum atomic E-state index is 0.0337. The summed E-state index contributed by atoms with van der Waals surface area (Å²) in [6.45, 7) is 2.59. The molecule has 0 aromatic carbocycles. The van der Waals surface area contributed by atoms with E-state index in [1.807, 2.05) is 34.9 Å². The summed E-state index contributed by atoms with van der Waals surface area (Å²) in [5.41, 5.74) is 4.18. The summed E-state index contributed by atoms with van der Waals surface area (Å²) in [6, 6.07) is 7.84. The minimum absolute atomic E-state index is 0.0337. The zero-order chi connectivity index (χ0) is 16.1. The van der Waals surface area contributed by atoms with Gasteiger partial charge < -0.3 is 9.72 Å². The molecule has 0 unspecified atom stereocenters. The molecule has 0 saturated carbocycles. The Morgan fingerprint density at radius 2 is 2.04 bits per heavy atom. The number of nitrogens with one attached hydrogen (secondary N) is 1. The summed E-state index contributed by atoms with van der Waals surface area (Å²) in [7, 11) is 0. The number of fused-ring (bicyclic) bond motifs is 1. The van der Waals surface area contributed by atoms with Crippen LogP contribution in [0.4, 0.5) is 0 Å². The highest BCUT2D eigenvalue weighted by Crippen LogP contribution is 2.13. The average Bonchev–Trinajstić information content (AvgIpc) is 2.95. The molecule has 6 heteroatoms. The Hall–Kier alpha value is -2.34. The lowest BCUT2D eigenvalue weighted by Gasteiger charge is -2.04. The van der Waals surface area contributed by atoms with Crippen LogP contribution >= 0.6 is 11.8 Å². The lowest BCUT2D eigenvalue weighted by atomic mass is 10.3. The molecule has 0 fully saturated rings. The first kappa shape index (κ1) is 15.6. The van der Waals surface area contributed by atoms with Crippen molar-refractivity contribution < 1.29 is 4.79 Å². The van der Waals surface area contributed by atoms with Crippen LogP contribution in [0.3, 0.4) is 0 Å². The fourth-order valence-corrected chi connectivity index (χ4v) is 2.96. The third kappa shape index (κ3) is 4.32. The second kappa shape index (κ2) is 7.28. The van der Waals surface area contributed by atoms with Gasteiger partial charge in [0.05, 0.1) is 11.4 Å². The van der Waals surface area contributed by atoms with Crippen LogP contribution in [0.2, 0.25) is 0 Å². The molecule has 3 heterocycles. The molecule has 5 nitrogen and oxygen atoms in total. The van der Waals surface area contributed by atoms with Gasteiger partial charge in [-0.3, -0.25) is 9.78 Å². The molecular formula is C17H18N4OS. The van der Waals surface area contributed by atoms with Gasteiger partial charge in [-0.2, -0.15) is 0 Å². The van der Waals surface area contributed by atoms with Gasteiger partial charge in [0, 0.05) is 37.1 Å². The molecule has 0 atom stereocenters. The quantitative estimate of drug-likeness (QED) is 0.756. The molecule has 0 spiro atoms. The smallest absolute Gasteiger partial charge is 0.230 e. The fraction of sp³-hybridized carbons (Fsp3) is 0.235. The molecule has 0 aliphatic heterocycles. The van der Waals surface area contributed by atoms with Crippen molar-refractivity contribution in [2.45, 2.75) is 19.2 Å². The van der Waals surface area contributed by atoms with E-state index >= 15 is 0 Å². The van der Waals surface area contributed by atoms with E-state index in [9.17, 15) is 4.79 Å². The number of aromatic nitrogens is 3. The Kier molecular flexibility index (Phi) is 4.92. The van der Waals surface area contributed by atoms with E-state index in [1.165, 1.54) is 5.56 Å². The van der Waals surface area contributed by atoms with Gasteiger partial charge in [-0.1, -0.05) is 6.07 Å². The first-order chi connectivity index (χ1) is 11.2. The highest BCUT2D eigenvalue weighted by atomic mass is 32.2. The molecule has 0 saturated heterocycles. The molecule has 3 rings (SSSR count). The number of carbonyl (C=O) groups excluding carboxylic acids is 1. The van der Waals surface area contributed by atoms with Gasteiger partial charge in [0.25, 0.3) is 0 Å². The number of pyridine rings is 2. The molecule has 23 heavy (non-hydrogen) atoms. The number of hydrogen-bond acceptors (Lipinski definition) is 4. The SMILES string of the molecule is Cc1ccc2nc(CSCC(=O)NCc3ccncc3)cn2c1. The maximum Gasteiger partial charge on any atom is 0.230 e. The Morgan fingerprint density at radius 3 is 2.87 bits per heavy atom. The Balaban J connectivity index is 1.45. The molecule has 0 aliphatic carbocycles. The summed E-state index contributed by atoms with van der Waals surface area (Å²) in [6.07, 6.45) is 7.52. The van der Waals surface area contributed by atoms with E-state index in [4.69, 9.17) is 0 Å². The maximum absolute atomic E-state index is 11.9. The molecule has 0 aliphatic rings. The van der Waals surface area contributed by atoms with E-state index in [-0.39, 0.29) is 5.91 Å². The number of amides is 1. The summed E-state index contributed by atoms with van der Waals surface area (Å²) in [4.78, 5) is 20.4. The standard InChI is InChI=1S/C17H18N4OS/c1-13-2-3-16-20-15(10-21(16)9-13)11-23-12-17(22)19-8-14-4-6-18-7-5-14/h2-7,9-10H,8,11-12H2,1H3,(H,19,22). The van der Waals surface area contributed by atoms with Crippen LogP contribution in [-0.4, -0.2) is 26.0 Å². The van der Waals surface area contributed by atoms with Crippen LogP contribution in [-0.2, 0) is 17.1 Å². The van der Waals surface area contributed by atoms with Crippen molar-refractivity contribution in [3.63, 3.8) is 0 Å². The van der Waals surface area contributed by atoms with Crippen LogP contribution in [0.1, 0.15) is 16.8 Å². The van der Waals surface area contributed by atoms with Gasteiger partial charge in [-0.15, -0.1) is 11.8 Å². The predicted octanol–water partition coefficient (Wildman–Crippen LogP) is 2.59. The Morgan fingerprint density at radius 1 is 1.22 bits per heavy atom. The van der Waals surface area contributed by atoms with E-state index in [1.54, 1.807) is 24.2 Å². The van der Waals surface area contributed by atoms with Gasteiger partial charge in [0.2, 0.25) is 5.91 Å². The zero-order valence-electron chi connectivity index (χ0n) is 12.9. The minimum Gasteiger partial charge on any atom is -0.351 e. The monoisotopic (exact) mass is 326 g/mol. The fourth-order valence-electron chi connectivity index (χ4n) is 2.23. The summed E-state index contributed by atoms with van der Waals surface area (Å²) in [5.74, 6) is 1.19. The second-order valence-electron chi connectivity index (χ2n) is 5.33. The molecule has 3 aromatic heterocycles. The van der Waals surface area contributed by atoms with E-state index in [0.29, 0.717) is 12.3 Å². The van der Waals surface area contributed by atoms with Crippen molar-refractivity contribution in [3.8, 4) is 0 Å². The van der Waals surface area contributed by atoms with Gasteiger partial charge in [0.15, 0.2) is 0 Å². The lowest BCUT2D eigenvalue weighted by Crippen LogP contribution is -2.24. The van der Waals surface area contributed by atoms with E-state index in [2.05, 4.69) is 28.4 Å². The van der Waals surface area contributed by atoms with Crippen LogP contribution in [0.5, 0.6) is 0 Å². The number of rotatable bonds is 6. The van der Waals surface area contributed by atoms with Crippen molar-refractivity contribution in [1.82, 2.24) is 19.7 Å². The normalized spacial score (nSPS) is 10.8. The molecule has 1 amide bonds. The third-order valence-electron chi connectivity index (χ3n) is 3.37. The summed E-state index contributed by atoms with van der Waals surface area (Å²) in [5, 5.41) is 2.91. The Bertz CT molecular complexity index is 801. The molecule has 118 valence electrons. The maximum atomic E-state index is 11.9. The number of thioether (sulfide) groups is 1. The number of carbonyl (C=O) groups is 1. The largest absolute Gasteiger partial charge is 0.351 e.